The third-order valence-corrected chi connectivity index (χ3v) is 5.39. The second-order valence-corrected chi connectivity index (χ2v) is 7.36. The Balaban J connectivity index is 1.68. The molecule has 2 heterocycles. The lowest BCUT2D eigenvalue weighted by Gasteiger charge is -2.42. The van der Waals surface area contributed by atoms with Crippen LogP contribution in [0.4, 0.5) is 0 Å². The van der Waals surface area contributed by atoms with Crippen LogP contribution in [0, 0.1) is 5.92 Å². The molecule has 0 unspecified atom stereocenters. The predicted octanol–water partition coefficient (Wildman–Crippen LogP) is 3.51. The molecule has 0 radical (unpaired) electrons. The first-order valence-electron chi connectivity index (χ1n) is 9.21. The zero-order valence-corrected chi connectivity index (χ0v) is 14.9. The van der Waals surface area contributed by atoms with Gasteiger partial charge in [0.1, 0.15) is 6.54 Å². The molecule has 0 spiro atoms. The van der Waals surface area contributed by atoms with Crippen LogP contribution in [-0.4, -0.2) is 19.3 Å². The van der Waals surface area contributed by atoms with Crippen LogP contribution < -0.4 is 5.32 Å². The van der Waals surface area contributed by atoms with Crippen LogP contribution in [0.3, 0.4) is 0 Å². The molecule has 1 aliphatic heterocycles. The van der Waals surface area contributed by atoms with E-state index in [4.69, 9.17) is 9.15 Å². The monoisotopic (exact) mass is 328 g/mol. The van der Waals surface area contributed by atoms with Crippen LogP contribution in [0.15, 0.2) is 53.1 Å². The third kappa shape index (κ3) is 4.08. The first-order chi connectivity index (χ1) is 11.7. The summed E-state index contributed by atoms with van der Waals surface area (Å²) in [6.07, 6.45) is 5.55. The molecule has 3 nitrogen and oxygen atoms in total. The molecule has 1 aromatic carbocycles. The molecular formula is C21H30NO2+. The van der Waals surface area contributed by atoms with Crippen molar-refractivity contribution >= 4 is 0 Å². The van der Waals surface area contributed by atoms with Gasteiger partial charge in [0, 0.05) is 18.4 Å². The van der Waals surface area contributed by atoms with Gasteiger partial charge in [0.05, 0.1) is 18.9 Å². The fraction of sp³-hybridized carbons (Fsp3) is 0.524. The van der Waals surface area contributed by atoms with Crippen molar-refractivity contribution in [2.45, 2.75) is 51.2 Å². The van der Waals surface area contributed by atoms with E-state index < -0.39 is 0 Å². The zero-order valence-electron chi connectivity index (χ0n) is 14.9. The Labute approximate surface area is 145 Å². The van der Waals surface area contributed by atoms with E-state index >= 15 is 0 Å². The van der Waals surface area contributed by atoms with Crippen molar-refractivity contribution < 1.29 is 14.5 Å². The van der Waals surface area contributed by atoms with Gasteiger partial charge in [-0.15, -0.1) is 0 Å². The summed E-state index contributed by atoms with van der Waals surface area (Å²) in [6.45, 7) is 7.45. The SMILES string of the molecule is CC(C)[C@H]1C[C@](CC[NH2+]Cc2ccco2)(c2ccccc2)CCO1. The van der Waals surface area contributed by atoms with Crippen LogP contribution >= 0.6 is 0 Å². The highest BCUT2D eigenvalue weighted by Crippen LogP contribution is 2.41. The van der Waals surface area contributed by atoms with Crippen molar-refractivity contribution in [1.82, 2.24) is 0 Å². The molecule has 0 aliphatic carbocycles. The number of ether oxygens (including phenoxy) is 1. The van der Waals surface area contributed by atoms with E-state index in [1.54, 1.807) is 6.26 Å². The Morgan fingerprint density at radius 1 is 1.17 bits per heavy atom. The molecular weight excluding hydrogens is 298 g/mol. The fourth-order valence-corrected chi connectivity index (χ4v) is 3.86. The van der Waals surface area contributed by atoms with Crippen LogP contribution in [0.1, 0.15) is 44.4 Å². The Morgan fingerprint density at radius 3 is 2.71 bits per heavy atom. The van der Waals surface area contributed by atoms with Crippen molar-refractivity contribution in [3.8, 4) is 0 Å². The second kappa shape index (κ2) is 8.00. The van der Waals surface area contributed by atoms with Crippen LogP contribution in [0.25, 0.3) is 0 Å². The van der Waals surface area contributed by atoms with E-state index in [1.165, 1.54) is 12.0 Å². The summed E-state index contributed by atoms with van der Waals surface area (Å²) in [4.78, 5) is 0. The normalized spacial score (nSPS) is 24.4. The van der Waals surface area contributed by atoms with Gasteiger partial charge in [0.15, 0.2) is 5.76 Å². The highest BCUT2D eigenvalue weighted by molar-refractivity contribution is 5.26. The Morgan fingerprint density at radius 2 is 2.00 bits per heavy atom. The fourth-order valence-electron chi connectivity index (χ4n) is 3.86. The lowest BCUT2D eigenvalue weighted by molar-refractivity contribution is -0.673. The Bertz CT molecular complexity index is 594. The van der Waals surface area contributed by atoms with Crippen molar-refractivity contribution in [1.29, 1.82) is 0 Å². The minimum absolute atomic E-state index is 0.244. The number of hydrogen-bond acceptors (Lipinski definition) is 2. The van der Waals surface area contributed by atoms with Gasteiger partial charge in [0.2, 0.25) is 0 Å². The molecule has 3 rings (SSSR count). The molecule has 0 bridgehead atoms. The molecule has 130 valence electrons. The summed E-state index contributed by atoms with van der Waals surface area (Å²) in [5, 5.41) is 2.36. The van der Waals surface area contributed by atoms with E-state index in [0.29, 0.717) is 12.0 Å². The largest absolute Gasteiger partial charge is 0.463 e. The minimum atomic E-state index is 0.244. The first-order valence-corrected chi connectivity index (χ1v) is 9.21. The van der Waals surface area contributed by atoms with Crippen LogP contribution in [0.5, 0.6) is 0 Å². The number of hydrogen-bond donors (Lipinski definition) is 1. The standard InChI is InChI=1S/C21H29NO2/c1-17(2)20-15-21(11-14-24-20,18-7-4-3-5-8-18)10-12-22-16-19-9-6-13-23-19/h3-9,13,17,20,22H,10-12,14-16H2,1-2H3/p+1/t20-,21-/m1/s1. The first kappa shape index (κ1) is 17.2. The lowest BCUT2D eigenvalue weighted by atomic mass is 9.68. The van der Waals surface area contributed by atoms with Gasteiger partial charge in [-0.3, -0.25) is 0 Å². The van der Waals surface area contributed by atoms with Crippen LogP contribution in [0.2, 0.25) is 0 Å². The Kier molecular flexibility index (Phi) is 5.75. The highest BCUT2D eigenvalue weighted by atomic mass is 16.5. The Hall–Kier alpha value is -1.58. The predicted molar refractivity (Wildman–Crippen MR) is 95.8 cm³/mol. The number of rotatable bonds is 7. The molecule has 3 heteroatoms. The number of furan rings is 1. The molecule has 1 aromatic heterocycles. The van der Waals surface area contributed by atoms with Crippen molar-refractivity contribution in [2.75, 3.05) is 13.2 Å². The zero-order chi connectivity index (χ0) is 16.8. The molecule has 2 N–H and O–H groups in total. The molecule has 1 saturated heterocycles. The number of nitrogens with two attached hydrogens (primary N) is 1. The molecule has 1 fully saturated rings. The lowest BCUT2D eigenvalue weighted by Crippen LogP contribution is -2.83. The summed E-state index contributed by atoms with van der Waals surface area (Å²) in [5.41, 5.74) is 1.72. The summed E-state index contributed by atoms with van der Waals surface area (Å²) >= 11 is 0. The maximum atomic E-state index is 6.06. The second-order valence-electron chi connectivity index (χ2n) is 7.36. The molecule has 2 atom stereocenters. The van der Waals surface area contributed by atoms with E-state index in [2.05, 4.69) is 49.5 Å². The molecule has 0 amide bonds. The minimum Gasteiger partial charge on any atom is -0.463 e. The number of benzene rings is 1. The molecule has 2 aromatic rings. The molecule has 1 aliphatic rings. The van der Waals surface area contributed by atoms with E-state index in [-0.39, 0.29) is 5.41 Å². The summed E-state index contributed by atoms with van der Waals surface area (Å²) < 4.78 is 11.5. The van der Waals surface area contributed by atoms with Gasteiger partial charge in [0.25, 0.3) is 0 Å². The van der Waals surface area contributed by atoms with Crippen molar-refractivity contribution in [3.05, 3.63) is 60.1 Å². The molecule has 0 saturated carbocycles. The average molecular weight is 328 g/mol. The van der Waals surface area contributed by atoms with Gasteiger partial charge < -0.3 is 14.5 Å². The van der Waals surface area contributed by atoms with E-state index in [1.807, 2.05) is 12.1 Å². The van der Waals surface area contributed by atoms with Gasteiger partial charge in [-0.25, -0.2) is 0 Å². The van der Waals surface area contributed by atoms with E-state index in [9.17, 15) is 0 Å². The van der Waals surface area contributed by atoms with Crippen molar-refractivity contribution in [2.24, 2.45) is 5.92 Å². The smallest absolute Gasteiger partial charge is 0.157 e. The van der Waals surface area contributed by atoms with Gasteiger partial charge >= 0.3 is 0 Å². The third-order valence-electron chi connectivity index (χ3n) is 5.39. The topological polar surface area (TPSA) is 39.0 Å². The van der Waals surface area contributed by atoms with Crippen molar-refractivity contribution in [3.63, 3.8) is 0 Å². The van der Waals surface area contributed by atoms with Gasteiger partial charge in [-0.2, -0.15) is 0 Å². The van der Waals surface area contributed by atoms with Gasteiger partial charge in [-0.1, -0.05) is 44.2 Å². The quantitative estimate of drug-likeness (QED) is 0.790. The number of quaternary nitrogens is 1. The highest BCUT2D eigenvalue weighted by Gasteiger charge is 2.39. The maximum absolute atomic E-state index is 6.06. The summed E-state index contributed by atoms with van der Waals surface area (Å²) in [6, 6.07) is 15.1. The summed E-state index contributed by atoms with van der Waals surface area (Å²) in [5.74, 6) is 1.62. The average Bonchev–Trinajstić information content (AvgIpc) is 3.13. The summed E-state index contributed by atoms with van der Waals surface area (Å²) in [7, 11) is 0. The molecule has 24 heavy (non-hydrogen) atoms. The van der Waals surface area contributed by atoms with Crippen LogP contribution in [-0.2, 0) is 16.7 Å². The van der Waals surface area contributed by atoms with E-state index in [0.717, 1.165) is 38.3 Å². The van der Waals surface area contributed by atoms with Gasteiger partial charge in [-0.05, 0) is 36.5 Å². The maximum Gasteiger partial charge on any atom is 0.157 e.